The average Bonchev–Trinajstić information content (AvgIpc) is 2.33. The molecule has 0 heterocycles. The summed E-state index contributed by atoms with van der Waals surface area (Å²) >= 11 is 4.03. The number of hydrogen-bond acceptors (Lipinski definition) is 2. The van der Waals surface area contributed by atoms with E-state index < -0.39 is 11.1 Å². The van der Waals surface area contributed by atoms with Gasteiger partial charge in [0.1, 0.15) is 5.75 Å². The molecule has 5 heteroatoms. The van der Waals surface area contributed by atoms with Gasteiger partial charge < -0.3 is 9.29 Å². The van der Waals surface area contributed by atoms with E-state index in [0.29, 0.717) is 15.7 Å². The summed E-state index contributed by atoms with van der Waals surface area (Å²) in [5, 5.41) is 0.399. The summed E-state index contributed by atoms with van der Waals surface area (Å²) < 4.78 is 25.6. The summed E-state index contributed by atoms with van der Waals surface area (Å²) in [7, 11) is 0. The van der Waals surface area contributed by atoms with Gasteiger partial charge in [0.25, 0.3) is 0 Å². The van der Waals surface area contributed by atoms with Crippen molar-refractivity contribution in [3.05, 3.63) is 23.2 Å². The Morgan fingerprint density at radius 1 is 1.29 bits per heavy atom. The van der Waals surface area contributed by atoms with Gasteiger partial charge in [-0.2, -0.15) is 0 Å². The maximum atomic E-state index is 10.9. The smallest absolute Gasteiger partial charge is 0.186 e. The second kappa shape index (κ2) is 5.85. The van der Waals surface area contributed by atoms with Crippen molar-refractivity contribution in [3.63, 3.8) is 0 Å². The molecule has 1 N–H and O–H groups in total. The SMILES string of the molecule is O=S(O)c1ccc(OC2CCCCC2)c(Cl)c1. The number of rotatable bonds is 3. The van der Waals surface area contributed by atoms with Crippen LogP contribution in [0, 0.1) is 0 Å². The van der Waals surface area contributed by atoms with Crippen molar-refractivity contribution in [2.75, 3.05) is 0 Å². The van der Waals surface area contributed by atoms with Crippen LogP contribution >= 0.6 is 11.6 Å². The first-order valence-corrected chi connectivity index (χ1v) is 7.22. The molecule has 0 bridgehead atoms. The zero-order chi connectivity index (χ0) is 12.3. The van der Waals surface area contributed by atoms with Gasteiger partial charge in [-0.3, -0.25) is 0 Å². The molecule has 1 atom stereocenters. The number of hydrogen-bond donors (Lipinski definition) is 1. The minimum Gasteiger partial charge on any atom is -0.489 e. The van der Waals surface area contributed by atoms with Crippen LogP contribution in [0.15, 0.2) is 23.1 Å². The highest BCUT2D eigenvalue weighted by molar-refractivity contribution is 7.79. The molecule has 1 fully saturated rings. The summed E-state index contributed by atoms with van der Waals surface area (Å²) in [4.78, 5) is 0.297. The summed E-state index contributed by atoms with van der Waals surface area (Å²) in [6.45, 7) is 0. The standard InChI is InChI=1S/C12H15ClO3S/c13-11-8-10(17(14)15)6-7-12(11)16-9-4-2-1-3-5-9/h6-9H,1-5H2,(H,14,15). The second-order valence-electron chi connectivity index (χ2n) is 4.22. The predicted molar refractivity (Wildman–Crippen MR) is 68.0 cm³/mol. The van der Waals surface area contributed by atoms with E-state index in [4.69, 9.17) is 20.9 Å². The molecular formula is C12H15ClO3S. The molecule has 0 aromatic heterocycles. The lowest BCUT2D eigenvalue weighted by molar-refractivity contribution is 0.155. The fourth-order valence-electron chi connectivity index (χ4n) is 2.05. The Labute approximate surface area is 108 Å². The maximum absolute atomic E-state index is 10.9. The first-order valence-electron chi connectivity index (χ1n) is 5.74. The van der Waals surface area contributed by atoms with Gasteiger partial charge in [-0.1, -0.05) is 18.0 Å². The van der Waals surface area contributed by atoms with E-state index in [2.05, 4.69) is 0 Å². The normalized spacial score (nSPS) is 18.9. The highest BCUT2D eigenvalue weighted by atomic mass is 35.5. The Morgan fingerprint density at radius 3 is 2.59 bits per heavy atom. The van der Waals surface area contributed by atoms with Crippen molar-refractivity contribution in [3.8, 4) is 5.75 Å². The molecule has 17 heavy (non-hydrogen) atoms. The molecule has 2 rings (SSSR count). The van der Waals surface area contributed by atoms with Crippen molar-refractivity contribution in [1.82, 2.24) is 0 Å². The zero-order valence-corrected chi connectivity index (χ0v) is 11.0. The fraction of sp³-hybridized carbons (Fsp3) is 0.500. The topological polar surface area (TPSA) is 46.5 Å². The Morgan fingerprint density at radius 2 is 2.00 bits per heavy atom. The van der Waals surface area contributed by atoms with Gasteiger partial charge in [0.15, 0.2) is 11.1 Å². The van der Waals surface area contributed by atoms with Gasteiger partial charge in [0.05, 0.1) is 16.0 Å². The Bertz CT molecular complexity index is 416. The summed E-state index contributed by atoms with van der Waals surface area (Å²) in [6.07, 6.45) is 6.01. The Kier molecular flexibility index (Phi) is 4.42. The van der Waals surface area contributed by atoms with Gasteiger partial charge >= 0.3 is 0 Å². The van der Waals surface area contributed by atoms with Crippen molar-refractivity contribution < 1.29 is 13.5 Å². The van der Waals surface area contributed by atoms with Crippen LogP contribution < -0.4 is 4.74 Å². The third-order valence-electron chi connectivity index (χ3n) is 2.95. The molecule has 0 radical (unpaired) electrons. The molecule has 1 saturated carbocycles. The molecule has 0 amide bonds. The maximum Gasteiger partial charge on any atom is 0.186 e. The van der Waals surface area contributed by atoms with Crippen LogP contribution in [0.1, 0.15) is 32.1 Å². The quantitative estimate of drug-likeness (QED) is 0.856. The van der Waals surface area contributed by atoms with E-state index in [1.54, 1.807) is 12.1 Å². The van der Waals surface area contributed by atoms with E-state index in [0.717, 1.165) is 12.8 Å². The third kappa shape index (κ3) is 3.44. The van der Waals surface area contributed by atoms with Crippen molar-refractivity contribution in [1.29, 1.82) is 0 Å². The molecule has 0 saturated heterocycles. The fourth-order valence-corrected chi connectivity index (χ4v) is 2.74. The predicted octanol–water partition coefficient (Wildman–Crippen LogP) is 3.63. The summed E-state index contributed by atoms with van der Waals surface area (Å²) in [5.41, 5.74) is 0. The van der Waals surface area contributed by atoms with Crippen molar-refractivity contribution >= 4 is 22.7 Å². The first-order chi connectivity index (χ1) is 8.16. The van der Waals surface area contributed by atoms with Gasteiger partial charge in [-0.25, -0.2) is 4.21 Å². The molecule has 1 aromatic rings. The Hall–Kier alpha value is -0.580. The van der Waals surface area contributed by atoms with Crippen molar-refractivity contribution in [2.45, 2.75) is 43.1 Å². The summed E-state index contributed by atoms with van der Waals surface area (Å²) in [5.74, 6) is 0.604. The van der Waals surface area contributed by atoms with E-state index in [-0.39, 0.29) is 6.10 Å². The molecule has 1 aromatic carbocycles. The third-order valence-corrected chi connectivity index (χ3v) is 3.90. The van der Waals surface area contributed by atoms with Gasteiger partial charge in [-0.05, 0) is 43.9 Å². The molecule has 0 spiro atoms. The number of ether oxygens (including phenoxy) is 1. The molecular weight excluding hydrogens is 260 g/mol. The highest BCUT2D eigenvalue weighted by Crippen LogP contribution is 2.30. The molecule has 94 valence electrons. The van der Waals surface area contributed by atoms with Crippen LogP contribution in [0.4, 0.5) is 0 Å². The minimum atomic E-state index is -1.99. The molecule has 0 aliphatic heterocycles. The minimum absolute atomic E-state index is 0.228. The molecule has 1 unspecified atom stereocenters. The first kappa shape index (κ1) is 12.9. The highest BCUT2D eigenvalue weighted by Gasteiger charge is 2.16. The van der Waals surface area contributed by atoms with Crippen molar-refractivity contribution in [2.24, 2.45) is 0 Å². The summed E-state index contributed by atoms with van der Waals surface area (Å²) in [6, 6.07) is 4.72. The zero-order valence-electron chi connectivity index (χ0n) is 9.39. The van der Waals surface area contributed by atoms with Crippen LogP contribution in [0.25, 0.3) is 0 Å². The lowest BCUT2D eigenvalue weighted by atomic mass is 9.98. The van der Waals surface area contributed by atoms with Crippen LogP contribution in [-0.2, 0) is 11.1 Å². The second-order valence-corrected chi connectivity index (χ2v) is 5.60. The number of halogens is 1. The number of benzene rings is 1. The van der Waals surface area contributed by atoms with Gasteiger partial charge in [0.2, 0.25) is 0 Å². The van der Waals surface area contributed by atoms with Crippen LogP contribution in [0.2, 0.25) is 5.02 Å². The van der Waals surface area contributed by atoms with Crippen LogP contribution in [0.5, 0.6) is 5.75 Å². The largest absolute Gasteiger partial charge is 0.489 e. The van der Waals surface area contributed by atoms with E-state index >= 15 is 0 Å². The van der Waals surface area contributed by atoms with Gasteiger partial charge in [0, 0.05) is 0 Å². The monoisotopic (exact) mass is 274 g/mol. The molecule has 1 aliphatic rings. The van der Waals surface area contributed by atoms with Gasteiger partial charge in [-0.15, -0.1) is 0 Å². The van der Waals surface area contributed by atoms with E-state index in [9.17, 15) is 4.21 Å². The average molecular weight is 275 g/mol. The lowest BCUT2D eigenvalue weighted by Crippen LogP contribution is -2.19. The Balaban J connectivity index is 2.08. The molecule has 3 nitrogen and oxygen atoms in total. The van der Waals surface area contributed by atoms with Crippen LogP contribution in [-0.4, -0.2) is 14.9 Å². The van der Waals surface area contributed by atoms with Crippen LogP contribution in [0.3, 0.4) is 0 Å². The van der Waals surface area contributed by atoms with E-state index in [1.807, 2.05) is 0 Å². The van der Waals surface area contributed by atoms with E-state index in [1.165, 1.54) is 25.3 Å². The molecule has 1 aliphatic carbocycles. The lowest BCUT2D eigenvalue weighted by Gasteiger charge is -2.23.